The second-order valence-electron chi connectivity index (χ2n) is 3.97. The molecule has 19 heavy (non-hydrogen) atoms. The van der Waals surface area contributed by atoms with Gasteiger partial charge in [0.15, 0.2) is 0 Å². The van der Waals surface area contributed by atoms with E-state index in [0.29, 0.717) is 5.56 Å². The lowest BCUT2D eigenvalue weighted by atomic mass is 10.0. The van der Waals surface area contributed by atoms with Gasteiger partial charge in [0.1, 0.15) is 17.4 Å². The molecule has 2 aromatic carbocycles. The van der Waals surface area contributed by atoms with Crippen LogP contribution in [0.3, 0.4) is 0 Å². The number of aromatic hydroxyl groups is 1. The van der Waals surface area contributed by atoms with Crippen LogP contribution in [0.4, 0.5) is 0 Å². The van der Waals surface area contributed by atoms with E-state index in [4.69, 9.17) is 5.26 Å². The van der Waals surface area contributed by atoms with Gasteiger partial charge in [-0.15, -0.1) is 0 Å². The minimum Gasteiger partial charge on any atom is -0.507 e. The number of phenolic OH excluding ortho intramolecular Hbond substituents is 1. The lowest BCUT2D eigenvalue weighted by Crippen LogP contribution is -2.19. The van der Waals surface area contributed by atoms with Gasteiger partial charge in [0.05, 0.1) is 0 Å². The Labute approximate surface area is 110 Å². The second-order valence-corrected chi connectivity index (χ2v) is 3.97. The van der Waals surface area contributed by atoms with E-state index >= 15 is 0 Å². The standard InChI is InChI=1S/C15H12N2O2/c1-17-15(19)11(9-16)8-13-12-5-3-2-4-10(12)6-7-14(13)18/h2-8,18H,1H3,(H,17,19). The molecule has 2 rings (SSSR count). The predicted octanol–water partition coefficient (Wildman–Crippen LogP) is 2.20. The number of hydrogen-bond donors (Lipinski definition) is 2. The number of nitrogens with zero attached hydrogens (tertiary/aromatic N) is 1. The Balaban J connectivity index is 2.69. The summed E-state index contributed by atoms with van der Waals surface area (Å²) in [5.41, 5.74) is 0.424. The molecule has 1 amide bonds. The van der Waals surface area contributed by atoms with E-state index in [1.54, 1.807) is 12.1 Å². The Hall–Kier alpha value is -2.80. The van der Waals surface area contributed by atoms with Crippen molar-refractivity contribution >= 4 is 22.8 Å². The smallest absolute Gasteiger partial charge is 0.261 e. The highest BCUT2D eigenvalue weighted by Crippen LogP contribution is 2.29. The van der Waals surface area contributed by atoms with Gasteiger partial charge in [-0.25, -0.2) is 0 Å². The lowest BCUT2D eigenvalue weighted by Gasteiger charge is -2.06. The molecule has 0 fully saturated rings. The van der Waals surface area contributed by atoms with Crippen molar-refractivity contribution in [3.63, 3.8) is 0 Å². The zero-order chi connectivity index (χ0) is 13.8. The molecule has 0 bridgehead atoms. The number of amides is 1. The van der Waals surface area contributed by atoms with E-state index in [-0.39, 0.29) is 11.3 Å². The highest BCUT2D eigenvalue weighted by molar-refractivity contribution is 6.04. The Kier molecular flexibility index (Phi) is 3.48. The van der Waals surface area contributed by atoms with Gasteiger partial charge in [0.2, 0.25) is 0 Å². The number of hydrogen-bond acceptors (Lipinski definition) is 3. The SMILES string of the molecule is CNC(=O)C(C#N)=Cc1c(O)ccc2ccccc12. The molecule has 0 aliphatic rings. The first-order valence-electron chi connectivity index (χ1n) is 5.72. The van der Waals surface area contributed by atoms with Gasteiger partial charge in [0, 0.05) is 12.6 Å². The summed E-state index contributed by atoms with van der Waals surface area (Å²) in [6.45, 7) is 0. The minimum absolute atomic E-state index is 0.0374. The maximum Gasteiger partial charge on any atom is 0.261 e. The number of phenols is 1. The molecule has 0 aromatic heterocycles. The largest absolute Gasteiger partial charge is 0.507 e. The van der Waals surface area contributed by atoms with Gasteiger partial charge in [0.25, 0.3) is 5.91 Å². The third kappa shape index (κ3) is 2.40. The topological polar surface area (TPSA) is 73.1 Å². The number of benzene rings is 2. The Morgan fingerprint density at radius 2 is 2.05 bits per heavy atom. The number of nitrogens with one attached hydrogen (secondary N) is 1. The fourth-order valence-electron chi connectivity index (χ4n) is 1.86. The van der Waals surface area contributed by atoms with Crippen LogP contribution in [0.25, 0.3) is 16.8 Å². The van der Waals surface area contributed by atoms with Crippen molar-refractivity contribution in [3.05, 3.63) is 47.5 Å². The lowest BCUT2D eigenvalue weighted by molar-refractivity contribution is -0.116. The van der Waals surface area contributed by atoms with Crippen LogP contribution in [0.5, 0.6) is 5.75 Å². The molecule has 0 unspecified atom stereocenters. The third-order valence-corrected chi connectivity index (χ3v) is 2.83. The molecule has 0 atom stereocenters. The van der Waals surface area contributed by atoms with E-state index < -0.39 is 5.91 Å². The Bertz CT molecular complexity index is 712. The molecule has 4 nitrogen and oxygen atoms in total. The van der Waals surface area contributed by atoms with Gasteiger partial charge in [-0.2, -0.15) is 5.26 Å². The van der Waals surface area contributed by atoms with Crippen molar-refractivity contribution in [2.24, 2.45) is 0 Å². The number of carbonyl (C=O) groups is 1. The molecule has 2 N–H and O–H groups in total. The van der Waals surface area contributed by atoms with Crippen molar-refractivity contribution in [2.75, 3.05) is 7.05 Å². The van der Waals surface area contributed by atoms with Crippen LogP contribution in [0.15, 0.2) is 42.0 Å². The third-order valence-electron chi connectivity index (χ3n) is 2.83. The molecule has 0 aliphatic carbocycles. The number of fused-ring (bicyclic) bond motifs is 1. The summed E-state index contributed by atoms with van der Waals surface area (Å²) in [6.07, 6.45) is 1.40. The monoisotopic (exact) mass is 252 g/mol. The second kappa shape index (κ2) is 5.23. The summed E-state index contributed by atoms with van der Waals surface area (Å²) < 4.78 is 0. The number of nitriles is 1. The molecule has 94 valence electrons. The summed E-state index contributed by atoms with van der Waals surface area (Å²) in [6, 6.07) is 12.6. The summed E-state index contributed by atoms with van der Waals surface area (Å²) >= 11 is 0. The molecule has 0 saturated heterocycles. The maximum absolute atomic E-state index is 11.5. The zero-order valence-corrected chi connectivity index (χ0v) is 10.3. The van der Waals surface area contributed by atoms with E-state index in [1.165, 1.54) is 13.1 Å². The van der Waals surface area contributed by atoms with Gasteiger partial charge in [-0.1, -0.05) is 30.3 Å². The Morgan fingerprint density at radius 1 is 1.32 bits per heavy atom. The average molecular weight is 252 g/mol. The first-order chi connectivity index (χ1) is 9.17. The van der Waals surface area contributed by atoms with Crippen LogP contribution in [-0.2, 0) is 4.79 Å². The summed E-state index contributed by atoms with van der Waals surface area (Å²) in [5.74, 6) is -0.440. The summed E-state index contributed by atoms with van der Waals surface area (Å²) in [7, 11) is 1.45. The predicted molar refractivity (Wildman–Crippen MR) is 73.3 cm³/mol. The fraction of sp³-hybridized carbons (Fsp3) is 0.0667. The van der Waals surface area contributed by atoms with Crippen molar-refractivity contribution in [3.8, 4) is 11.8 Å². The van der Waals surface area contributed by atoms with Crippen LogP contribution in [0, 0.1) is 11.3 Å². The molecule has 0 heterocycles. The van der Waals surface area contributed by atoms with Crippen LogP contribution in [0.2, 0.25) is 0 Å². The molecular formula is C15H12N2O2. The normalized spacial score (nSPS) is 11.1. The minimum atomic E-state index is -0.477. The average Bonchev–Trinajstić information content (AvgIpc) is 2.45. The maximum atomic E-state index is 11.5. The first-order valence-corrected chi connectivity index (χ1v) is 5.72. The molecule has 0 saturated carbocycles. The first kappa shape index (κ1) is 12.7. The van der Waals surface area contributed by atoms with Crippen molar-refractivity contribution in [2.45, 2.75) is 0 Å². The molecule has 0 radical (unpaired) electrons. The van der Waals surface area contributed by atoms with Crippen LogP contribution in [0.1, 0.15) is 5.56 Å². The van der Waals surface area contributed by atoms with Gasteiger partial charge in [-0.3, -0.25) is 4.79 Å². The number of rotatable bonds is 2. The molecular weight excluding hydrogens is 240 g/mol. The quantitative estimate of drug-likeness (QED) is 0.635. The van der Waals surface area contributed by atoms with Crippen LogP contribution < -0.4 is 5.32 Å². The van der Waals surface area contributed by atoms with E-state index in [1.807, 2.05) is 30.3 Å². The molecule has 2 aromatic rings. The van der Waals surface area contributed by atoms with Crippen molar-refractivity contribution in [1.82, 2.24) is 5.32 Å². The molecule has 0 spiro atoms. The molecule has 0 aliphatic heterocycles. The molecule has 4 heteroatoms. The van der Waals surface area contributed by atoms with Crippen LogP contribution in [-0.4, -0.2) is 18.1 Å². The highest BCUT2D eigenvalue weighted by atomic mass is 16.3. The van der Waals surface area contributed by atoms with Gasteiger partial charge >= 0.3 is 0 Å². The van der Waals surface area contributed by atoms with Crippen LogP contribution >= 0.6 is 0 Å². The van der Waals surface area contributed by atoms with Gasteiger partial charge in [-0.05, 0) is 22.9 Å². The number of carbonyl (C=O) groups excluding carboxylic acids is 1. The fourth-order valence-corrected chi connectivity index (χ4v) is 1.86. The summed E-state index contributed by atoms with van der Waals surface area (Å²) in [4.78, 5) is 11.5. The highest BCUT2D eigenvalue weighted by Gasteiger charge is 2.10. The van der Waals surface area contributed by atoms with E-state index in [2.05, 4.69) is 5.32 Å². The van der Waals surface area contributed by atoms with Crippen molar-refractivity contribution in [1.29, 1.82) is 5.26 Å². The summed E-state index contributed by atoms with van der Waals surface area (Å²) in [5, 5.41) is 23.0. The zero-order valence-electron chi connectivity index (χ0n) is 10.3. The van der Waals surface area contributed by atoms with Gasteiger partial charge < -0.3 is 10.4 Å². The Morgan fingerprint density at radius 3 is 2.74 bits per heavy atom. The van der Waals surface area contributed by atoms with E-state index in [9.17, 15) is 9.90 Å². The van der Waals surface area contributed by atoms with E-state index in [0.717, 1.165) is 10.8 Å². The number of likely N-dealkylation sites (N-methyl/N-ethyl adjacent to an activating group) is 1. The van der Waals surface area contributed by atoms with Crippen molar-refractivity contribution < 1.29 is 9.90 Å².